The minimum absolute atomic E-state index is 0.214. The van der Waals surface area contributed by atoms with E-state index in [0.717, 1.165) is 59.1 Å². The van der Waals surface area contributed by atoms with Gasteiger partial charge in [0.05, 0.1) is 6.04 Å². The molecule has 0 amide bonds. The van der Waals surface area contributed by atoms with E-state index in [4.69, 9.17) is 15.3 Å². The number of aromatic nitrogens is 1. The summed E-state index contributed by atoms with van der Waals surface area (Å²) < 4.78 is 7.07. The summed E-state index contributed by atoms with van der Waals surface area (Å²) >= 11 is 3.51. The van der Waals surface area contributed by atoms with Crippen LogP contribution in [0.15, 0.2) is 83.6 Å². The molecule has 2 heterocycles. The van der Waals surface area contributed by atoms with Gasteiger partial charge in [0, 0.05) is 42.4 Å². The second-order valence-corrected chi connectivity index (χ2v) is 12.9. The normalized spacial score (nSPS) is 14.8. The van der Waals surface area contributed by atoms with Crippen molar-refractivity contribution >= 4 is 26.7 Å². The zero-order valence-corrected chi connectivity index (χ0v) is 28.9. The predicted molar refractivity (Wildman–Crippen MR) is 191 cm³/mol. The second-order valence-electron chi connectivity index (χ2n) is 11.9. The van der Waals surface area contributed by atoms with Gasteiger partial charge in [-0.25, -0.2) is 0 Å². The van der Waals surface area contributed by atoms with Gasteiger partial charge < -0.3 is 14.9 Å². The Bertz CT molecular complexity index is 1430. The summed E-state index contributed by atoms with van der Waals surface area (Å²) in [6.07, 6.45) is 15.3. The standard InChI is InChI=1S/C22H29BrN2O.C16H22N2O/c1-2-3-4-5-6-21(24)26-19-11-12-20-17(15-19)13-14-25-22(20)16-7-9-18(23)10-8-16;1-3-4-5-6-11-18(2)19-16-8-7-15-13-17-10-9-14(15)12-16/h7-12,15,21-22,25H,2-6,13-14,24H2,1H3;7-10,12-13H,3-6,11H2,1-2H3. The van der Waals surface area contributed by atoms with E-state index in [1.807, 2.05) is 36.5 Å². The number of unbranched alkanes of at least 4 members (excludes halogenated alkanes) is 6. The number of halogens is 1. The van der Waals surface area contributed by atoms with Crippen LogP contribution in [-0.4, -0.2) is 36.4 Å². The van der Waals surface area contributed by atoms with Crippen molar-refractivity contribution in [3.05, 3.63) is 100 Å². The Morgan fingerprint density at radius 1 is 0.889 bits per heavy atom. The summed E-state index contributed by atoms with van der Waals surface area (Å²) in [5, 5.41) is 7.84. The maximum Gasteiger partial charge on any atom is 0.148 e. The first-order valence-corrected chi connectivity index (χ1v) is 17.5. The van der Waals surface area contributed by atoms with Crippen molar-refractivity contribution in [2.75, 3.05) is 20.1 Å². The third kappa shape index (κ3) is 11.4. The van der Waals surface area contributed by atoms with Crippen LogP contribution in [0.1, 0.15) is 94.4 Å². The number of nitrogens with one attached hydrogen (secondary N) is 1. The number of fused-ring (bicyclic) bond motifs is 2. The Morgan fingerprint density at radius 3 is 2.42 bits per heavy atom. The molecule has 1 aliphatic heterocycles. The number of hydrogen-bond donors (Lipinski definition) is 2. The fourth-order valence-electron chi connectivity index (χ4n) is 5.68. The molecule has 0 saturated heterocycles. The van der Waals surface area contributed by atoms with Crippen molar-refractivity contribution in [2.45, 2.75) is 90.3 Å². The SMILES string of the molecule is CCCCCCC(N)Oc1ccc2c(c1)CCNC2c1ccc(Br)cc1.CCCCCCN(C)Oc1ccc2cnccc2c1. The fraction of sp³-hybridized carbons (Fsp3) is 0.447. The van der Waals surface area contributed by atoms with E-state index in [1.54, 1.807) is 6.20 Å². The number of hydrogen-bond acceptors (Lipinski definition) is 6. The number of pyridine rings is 1. The summed E-state index contributed by atoms with van der Waals surface area (Å²) in [7, 11) is 1.99. The predicted octanol–water partition coefficient (Wildman–Crippen LogP) is 9.36. The average molecular weight is 676 g/mol. The summed E-state index contributed by atoms with van der Waals surface area (Å²) in [5.41, 5.74) is 10.1. The number of nitrogens with zero attached hydrogens (tertiary/aromatic N) is 2. The van der Waals surface area contributed by atoms with E-state index in [1.165, 1.54) is 61.6 Å². The van der Waals surface area contributed by atoms with Crippen molar-refractivity contribution in [3.8, 4) is 11.5 Å². The topological polar surface area (TPSA) is 72.6 Å². The molecule has 0 bridgehead atoms. The quantitative estimate of drug-likeness (QED) is 0.0744. The summed E-state index contributed by atoms with van der Waals surface area (Å²) in [6.45, 7) is 6.39. The highest BCUT2D eigenvalue weighted by Crippen LogP contribution is 2.32. The van der Waals surface area contributed by atoms with E-state index in [9.17, 15) is 0 Å². The lowest BCUT2D eigenvalue weighted by molar-refractivity contribution is -0.0326. The molecule has 3 N–H and O–H groups in total. The van der Waals surface area contributed by atoms with Crippen LogP contribution in [0, 0.1) is 0 Å². The molecule has 242 valence electrons. The van der Waals surface area contributed by atoms with Crippen molar-refractivity contribution in [3.63, 3.8) is 0 Å². The van der Waals surface area contributed by atoms with Crippen LogP contribution in [-0.2, 0) is 6.42 Å². The lowest BCUT2D eigenvalue weighted by atomic mass is 9.90. The van der Waals surface area contributed by atoms with Crippen molar-refractivity contribution < 1.29 is 9.57 Å². The number of rotatable bonds is 15. The summed E-state index contributed by atoms with van der Waals surface area (Å²) in [5.74, 6) is 1.78. The third-order valence-corrected chi connectivity index (χ3v) is 8.73. The largest absolute Gasteiger partial charge is 0.476 e. The van der Waals surface area contributed by atoms with Crippen LogP contribution >= 0.6 is 15.9 Å². The molecule has 4 aromatic rings. The van der Waals surface area contributed by atoms with E-state index in [0.29, 0.717) is 0 Å². The monoisotopic (exact) mass is 674 g/mol. The molecule has 1 aromatic heterocycles. The number of ether oxygens (including phenoxy) is 1. The molecule has 0 saturated carbocycles. The molecule has 2 unspecified atom stereocenters. The lowest BCUT2D eigenvalue weighted by Gasteiger charge is -2.28. The maximum absolute atomic E-state index is 6.16. The van der Waals surface area contributed by atoms with Gasteiger partial charge in [-0.1, -0.05) is 86.5 Å². The van der Waals surface area contributed by atoms with E-state index < -0.39 is 0 Å². The molecule has 7 heteroatoms. The molecule has 1 aliphatic rings. The Balaban J connectivity index is 0.000000215. The van der Waals surface area contributed by atoms with E-state index in [2.05, 4.69) is 88.6 Å². The van der Waals surface area contributed by atoms with Gasteiger partial charge in [-0.15, -0.1) is 5.06 Å². The molecule has 5 rings (SSSR count). The molecule has 0 radical (unpaired) electrons. The molecule has 45 heavy (non-hydrogen) atoms. The van der Waals surface area contributed by atoms with Crippen LogP contribution in [0.25, 0.3) is 10.8 Å². The third-order valence-electron chi connectivity index (χ3n) is 8.20. The van der Waals surface area contributed by atoms with E-state index >= 15 is 0 Å². The van der Waals surface area contributed by atoms with Gasteiger partial charge in [0.25, 0.3) is 0 Å². The second kappa shape index (κ2) is 18.9. The fourth-order valence-corrected chi connectivity index (χ4v) is 5.94. The minimum atomic E-state index is -0.214. The zero-order valence-electron chi connectivity index (χ0n) is 27.3. The van der Waals surface area contributed by atoms with Gasteiger partial charge in [0.2, 0.25) is 0 Å². The maximum atomic E-state index is 6.16. The first kappa shape index (κ1) is 34.9. The smallest absolute Gasteiger partial charge is 0.148 e. The van der Waals surface area contributed by atoms with Gasteiger partial charge in [0.1, 0.15) is 17.7 Å². The molecule has 3 aromatic carbocycles. The van der Waals surface area contributed by atoms with Crippen molar-refractivity contribution in [2.24, 2.45) is 5.73 Å². The van der Waals surface area contributed by atoms with Crippen LogP contribution in [0.4, 0.5) is 0 Å². The highest BCUT2D eigenvalue weighted by atomic mass is 79.9. The van der Waals surface area contributed by atoms with Crippen LogP contribution < -0.4 is 20.6 Å². The molecular weight excluding hydrogens is 624 g/mol. The van der Waals surface area contributed by atoms with Gasteiger partial charge in [-0.2, -0.15) is 0 Å². The Labute approximate surface area is 278 Å². The van der Waals surface area contributed by atoms with Crippen molar-refractivity contribution in [1.29, 1.82) is 0 Å². The van der Waals surface area contributed by atoms with Gasteiger partial charge >= 0.3 is 0 Å². The molecule has 6 nitrogen and oxygen atoms in total. The molecule has 2 atom stereocenters. The summed E-state index contributed by atoms with van der Waals surface area (Å²) in [6, 6.07) is 23.3. The average Bonchev–Trinajstić information content (AvgIpc) is 3.05. The zero-order chi connectivity index (χ0) is 31.9. The van der Waals surface area contributed by atoms with Crippen LogP contribution in [0.3, 0.4) is 0 Å². The first-order valence-electron chi connectivity index (χ1n) is 16.7. The minimum Gasteiger partial charge on any atom is -0.476 e. The molecular formula is C38H51BrN4O2. The lowest BCUT2D eigenvalue weighted by Crippen LogP contribution is -2.31. The van der Waals surface area contributed by atoms with Gasteiger partial charge in [-0.05, 0) is 96.3 Å². The highest BCUT2D eigenvalue weighted by molar-refractivity contribution is 9.10. The highest BCUT2D eigenvalue weighted by Gasteiger charge is 2.22. The van der Waals surface area contributed by atoms with E-state index in [-0.39, 0.29) is 12.3 Å². The number of nitrogens with two attached hydrogens (primary N) is 1. The molecule has 0 fully saturated rings. The molecule has 0 spiro atoms. The number of benzene rings is 3. The van der Waals surface area contributed by atoms with Gasteiger partial charge in [-0.3, -0.25) is 10.7 Å². The Hall–Kier alpha value is -2.97. The first-order chi connectivity index (χ1) is 22.0. The summed E-state index contributed by atoms with van der Waals surface area (Å²) in [4.78, 5) is 9.93. The van der Waals surface area contributed by atoms with Crippen molar-refractivity contribution in [1.82, 2.24) is 15.4 Å². The van der Waals surface area contributed by atoms with Gasteiger partial charge in [0.15, 0.2) is 0 Å². The van der Waals surface area contributed by atoms with Crippen LogP contribution in [0.2, 0.25) is 0 Å². The Morgan fingerprint density at radius 2 is 1.64 bits per heavy atom. The Kier molecular flexibility index (Phi) is 14.6. The molecule has 0 aliphatic carbocycles. The number of hydroxylamine groups is 2. The van der Waals surface area contributed by atoms with Crippen LogP contribution in [0.5, 0.6) is 11.5 Å².